The topological polar surface area (TPSA) is 96.1 Å². The first-order valence-corrected chi connectivity index (χ1v) is 10.2. The summed E-state index contributed by atoms with van der Waals surface area (Å²) < 4.78 is 5.34. The zero-order valence-electron chi connectivity index (χ0n) is 17.6. The number of methoxy groups -OCH3 is 1. The van der Waals surface area contributed by atoms with E-state index < -0.39 is 6.04 Å². The third-order valence-electron chi connectivity index (χ3n) is 5.26. The molecule has 0 saturated heterocycles. The standard InChI is InChI=1S/C23H28N4O3/c1-4-15(2)21(22(29)27-23-24-17-10-6-7-11-18(17)25-23)26-20(28)14-13-16-9-5-8-12-19(16)30-3/h5-12,15,21H,4,13-14H2,1-3H3,(H,26,28)(H2,24,25,27,29)/t15-,21-/m1/s1. The van der Waals surface area contributed by atoms with Crippen LogP contribution in [0.2, 0.25) is 0 Å². The van der Waals surface area contributed by atoms with Crippen LogP contribution in [0.5, 0.6) is 5.75 Å². The van der Waals surface area contributed by atoms with Crippen LogP contribution in [0.3, 0.4) is 0 Å². The Morgan fingerprint density at radius 3 is 2.60 bits per heavy atom. The lowest BCUT2D eigenvalue weighted by atomic mass is 9.98. The third-order valence-corrected chi connectivity index (χ3v) is 5.26. The van der Waals surface area contributed by atoms with Crippen molar-refractivity contribution >= 4 is 28.8 Å². The van der Waals surface area contributed by atoms with Gasteiger partial charge in [-0.15, -0.1) is 0 Å². The number of benzene rings is 2. The predicted octanol–water partition coefficient (Wildman–Crippen LogP) is 3.67. The van der Waals surface area contributed by atoms with Crippen LogP contribution in [0.25, 0.3) is 11.0 Å². The van der Waals surface area contributed by atoms with Gasteiger partial charge < -0.3 is 15.0 Å². The number of nitrogens with zero attached hydrogens (tertiary/aromatic N) is 1. The molecule has 0 aliphatic heterocycles. The molecule has 30 heavy (non-hydrogen) atoms. The van der Waals surface area contributed by atoms with Crippen LogP contribution in [0.15, 0.2) is 48.5 Å². The summed E-state index contributed by atoms with van der Waals surface area (Å²) in [6, 6.07) is 14.5. The normalized spacial score (nSPS) is 12.9. The number of carbonyl (C=O) groups excluding carboxylic acids is 2. The van der Waals surface area contributed by atoms with Gasteiger partial charge in [-0.2, -0.15) is 0 Å². The fraction of sp³-hybridized carbons (Fsp3) is 0.348. The summed E-state index contributed by atoms with van der Waals surface area (Å²) >= 11 is 0. The molecule has 1 heterocycles. The van der Waals surface area contributed by atoms with E-state index in [2.05, 4.69) is 20.6 Å². The highest BCUT2D eigenvalue weighted by Gasteiger charge is 2.26. The van der Waals surface area contributed by atoms with Crippen LogP contribution in [-0.4, -0.2) is 34.9 Å². The zero-order chi connectivity index (χ0) is 21.5. The van der Waals surface area contributed by atoms with Gasteiger partial charge in [-0.3, -0.25) is 14.9 Å². The summed E-state index contributed by atoms with van der Waals surface area (Å²) in [5.74, 6) is 0.647. The quantitative estimate of drug-likeness (QED) is 0.503. The number of rotatable bonds is 9. The van der Waals surface area contributed by atoms with Crippen molar-refractivity contribution in [3.8, 4) is 5.75 Å². The van der Waals surface area contributed by atoms with Crippen molar-refractivity contribution in [1.29, 1.82) is 0 Å². The van der Waals surface area contributed by atoms with Gasteiger partial charge in [0.1, 0.15) is 11.8 Å². The summed E-state index contributed by atoms with van der Waals surface area (Å²) in [4.78, 5) is 32.9. The van der Waals surface area contributed by atoms with Gasteiger partial charge in [0.25, 0.3) is 0 Å². The van der Waals surface area contributed by atoms with Crippen molar-refractivity contribution < 1.29 is 14.3 Å². The number of H-pyrrole nitrogens is 1. The molecule has 0 saturated carbocycles. The van der Waals surface area contributed by atoms with E-state index in [0.29, 0.717) is 12.4 Å². The Morgan fingerprint density at radius 2 is 1.87 bits per heavy atom. The zero-order valence-corrected chi connectivity index (χ0v) is 17.6. The SMILES string of the molecule is CC[C@@H](C)[C@@H](NC(=O)CCc1ccccc1OC)C(=O)Nc1nc2ccccc2[nH]1. The van der Waals surface area contributed by atoms with E-state index >= 15 is 0 Å². The van der Waals surface area contributed by atoms with Crippen LogP contribution >= 0.6 is 0 Å². The van der Waals surface area contributed by atoms with E-state index in [0.717, 1.165) is 28.8 Å². The van der Waals surface area contributed by atoms with E-state index in [1.807, 2.05) is 62.4 Å². The lowest BCUT2D eigenvalue weighted by Crippen LogP contribution is -2.47. The minimum absolute atomic E-state index is 0.0235. The third kappa shape index (κ3) is 5.17. The van der Waals surface area contributed by atoms with Gasteiger partial charge in [-0.25, -0.2) is 4.98 Å². The summed E-state index contributed by atoms with van der Waals surface area (Å²) in [5.41, 5.74) is 2.57. The van der Waals surface area contributed by atoms with Crippen molar-refractivity contribution in [2.75, 3.05) is 12.4 Å². The fourth-order valence-electron chi connectivity index (χ4n) is 3.31. The Morgan fingerprint density at radius 1 is 1.13 bits per heavy atom. The fourth-order valence-corrected chi connectivity index (χ4v) is 3.31. The molecule has 0 bridgehead atoms. The summed E-state index contributed by atoms with van der Waals surface area (Å²) in [5, 5.41) is 5.70. The second kappa shape index (κ2) is 9.91. The van der Waals surface area contributed by atoms with Gasteiger partial charge in [0.05, 0.1) is 18.1 Å². The van der Waals surface area contributed by atoms with Gasteiger partial charge in [0.15, 0.2) is 0 Å². The smallest absolute Gasteiger partial charge is 0.249 e. The van der Waals surface area contributed by atoms with Crippen LogP contribution < -0.4 is 15.4 Å². The number of aromatic amines is 1. The first kappa shape index (κ1) is 21.4. The number of ether oxygens (including phenoxy) is 1. The first-order chi connectivity index (χ1) is 14.5. The Hall–Kier alpha value is -3.35. The minimum Gasteiger partial charge on any atom is -0.496 e. The van der Waals surface area contributed by atoms with Gasteiger partial charge in [-0.1, -0.05) is 50.6 Å². The van der Waals surface area contributed by atoms with E-state index in [-0.39, 0.29) is 24.2 Å². The van der Waals surface area contributed by atoms with Gasteiger partial charge in [-0.05, 0) is 36.1 Å². The molecule has 3 rings (SSSR count). The van der Waals surface area contributed by atoms with Crippen LogP contribution in [0, 0.1) is 5.92 Å². The molecule has 0 aliphatic carbocycles. The number of aryl methyl sites for hydroxylation is 1. The highest BCUT2D eigenvalue weighted by Crippen LogP contribution is 2.19. The highest BCUT2D eigenvalue weighted by molar-refractivity contribution is 5.97. The number of anilines is 1. The molecule has 2 atom stereocenters. The maximum absolute atomic E-state index is 12.9. The summed E-state index contributed by atoms with van der Waals surface area (Å²) in [7, 11) is 1.61. The van der Waals surface area contributed by atoms with Crippen molar-refractivity contribution in [3.63, 3.8) is 0 Å². The summed E-state index contributed by atoms with van der Waals surface area (Å²) in [6.45, 7) is 3.94. The molecule has 2 amide bonds. The van der Waals surface area contributed by atoms with Crippen molar-refractivity contribution in [2.24, 2.45) is 5.92 Å². The number of carbonyl (C=O) groups is 2. The summed E-state index contributed by atoms with van der Waals surface area (Å²) in [6.07, 6.45) is 1.56. The minimum atomic E-state index is -0.645. The monoisotopic (exact) mass is 408 g/mol. The number of amides is 2. The Labute approximate surface area is 176 Å². The molecule has 7 nitrogen and oxygen atoms in total. The number of para-hydroxylation sites is 3. The Kier molecular flexibility index (Phi) is 7.06. The molecule has 3 aromatic rings. The maximum Gasteiger partial charge on any atom is 0.249 e. The molecular weight excluding hydrogens is 380 g/mol. The largest absolute Gasteiger partial charge is 0.496 e. The number of aromatic nitrogens is 2. The molecule has 2 aromatic carbocycles. The molecule has 0 radical (unpaired) electrons. The lowest BCUT2D eigenvalue weighted by molar-refractivity contribution is -0.127. The van der Waals surface area contributed by atoms with E-state index in [4.69, 9.17) is 4.74 Å². The molecule has 0 fully saturated rings. The molecule has 0 unspecified atom stereocenters. The number of hydrogen-bond donors (Lipinski definition) is 3. The second-order valence-electron chi connectivity index (χ2n) is 7.33. The molecule has 0 spiro atoms. The van der Waals surface area contributed by atoms with Crippen molar-refractivity contribution in [3.05, 3.63) is 54.1 Å². The highest BCUT2D eigenvalue weighted by atomic mass is 16.5. The molecule has 1 aromatic heterocycles. The van der Waals surface area contributed by atoms with E-state index in [1.165, 1.54) is 0 Å². The Balaban J connectivity index is 1.64. The maximum atomic E-state index is 12.9. The van der Waals surface area contributed by atoms with Crippen LogP contribution in [0.1, 0.15) is 32.3 Å². The number of fused-ring (bicyclic) bond motifs is 1. The van der Waals surface area contributed by atoms with Crippen molar-refractivity contribution in [1.82, 2.24) is 15.3 Å². The first-order valence-electron chi connectivity index (χ1n) is 10.2. The van der Waals surface area contributed by atoms with E-state index in [9.17, 15) is 9.59 Å². The number of imidazole rings is 1. The van der Waals surface area contributed by atoms with E-state index in [1.54, 1.807) is 7.11 Å². The van der Waals surface area contributed by atoms with Crippen LogP contribution in [0.4, 0.5) is 5.95 Å². The molecular formula is C23H28N4O3. The van der Waals surface area contributed by atoms with Crippen molar-refractivity contribution in [2.45, 2.75) is 39.2 Å². The number of hydrogen-bond acceptors (Lipinski definition) is 4. The molecule has 158 valence electrons. The average Bonchev–Trinajstić information content (AvgIpc) is 3.17. The number of nitrogens with one attached hydrogen (secondary N) is 3. The Bertz CT molecular complexity index is 981. The molecule has 3 N–H and O–H groups in total. The predicted molar refractivity (Wildman–Crippen MR) is 117 cm³/mol. The average molecular weight is 409 g/mol. The molecule has 0 aliphatic rings. The molecule has 7 heteroatoms. The van der Waals surface area contributed by atoms with Gasteiger partial charge in [0, 0.05) is 6.42 Å². The van der Waals surface area contributed by atoms with Gasteiger partial charge >= 0.3 is 0 Å². The van der Waals surface area contributed by atoms with Crippen LogP contribution in [-0.2, 0) is 16.0 Å². The second-order valence-corrected chi connectivity index (χ2v) is 7.33. The van der Waals surface area contributed by atoms with Gasteiger partial charge in [0.2, 0.25) is 17.8 Å². The lowest BCUT2D eigenvalue weighted by Gasteiger charge is -2.23.